The Morgan fingerprint density at radius 1 is 0.929 bits per heavy atom. The summed E-state index contributed by atoms with van der Waals surface area (Å²) in [6, 6.07) is 12.5. The highest BCUT2D eigenvalue weighted by Gasteiger charge is 2.14. The van der Waals surface area contributed by atoms with Crippen LogP contribution in [0.5, 0.6) is 0 Å². The fourth-order valence-corrected chi connectivity index (χ4v) is 3.24. The first kappa shape index (κ1) is 20.1. The van der Waals surface area contributed by atoms with Crippen molar-refractivity contribution in [1.29, 1.82) is 0 Å². The first-order chi connectivity index (χ1) is 13.2. The van der Waals surface area contributed by atoms with Crippen LogP contribution in [0.1, 0.15) is 34.0 Å². The summed E-state index contributed by atoms with van der Waals surface area (Å²) in [6.45, 7) is 4.27. The van der Waals surface area contributed by atoms with E-state index in [0.29, 0.717) is 0 Å². The summed E-state index contributed by atoms with van der Waals surface area (Å²) in [5.74, 6) is 0. The van der Waals surface area contributed by atoms with Gasteiger partial charge < -0.3 is 12.4 Å². The molecule has 1 fully saturated rings. The van der Waals surface area contributed by atoms with Gasteiger partial charge in [-0.05, 0) is 66.4 Å². The molecule has 28 heavy (non-hydrogen) atoms. The van der Waals surface area contributed by atoms with E-state index in [4.69, 9.17) is 0 Å². The second-order valence-electron chi connectivity index (χ2n) is 6.60. The van der Waals surface area contributed by atoms with E-state index in [1.807, 2.05) is 36.8 Å². The van der Waals surface area contributed by atoms with Gasteiger partial charge in [0.2, 0.25) is 0 Å². The fraction of sp³-hybridized carbons (Fsp3) is 0.143. The van der Waals surface area contributed by atoms with Crippen molar-refractivity contribution < 1.29 is 12.4 Å². The Morgan fingerprint density at radius 2 is 1.68 bits per heavy atom. The Kier molecular flexibility index (Phi) is 6.51. The van der Waals surface area contributed by atoms with E-state index in [1.54, 1.807) is 0 Å². The maximum absolute atomic E-state index is 4.45. The van der Waals surface area contributed by atoms with E-state index in [0.717, 1.165) is 22.4 Å². The number of aryl methyl sites for hydroxylation is 2. The summed E-state index contributed by atoms with van der Waals surface area (Å²) >= 11 is 0. The molecule has 0 amide bonds. The predicted octanol–water partition coefficient (Wildman–Crippen LogP) is 0.0504. The molecule has 144 valence electrons. The Morgan fingerprint density at radius 3 is 2.36 bits per heavy atom. The molecule has 3 aromatic rings. The van der Waals surface area contributed by atoms with Gasteiger partial charge in [-0.3, -0.25) is 9.97 Å². The number of rotatable bonds is 4. The molecule has 0 bridgehead atoms. The molecule has 0 saturated carbocycles. The number of benzene rings is 1. The van der Waals surface area contributed by atoms with E-state index in [1.165, 1.54) is 16.7 Å². The van der Waals surface area contributed by atoms with Crippen LogP contribution in [0.3, 0.4) is 0 Å². The summed E-state index contributed by atoms with van der Waals surface area (Å²) in [6.07, 6.45) is 9.76. The van der Waals surface area contributed by atoms with Gasteiger partial charge in [-0.2, -0.15) is 11.1 Å². The van der Waals surface area contributed by atoms with Crippen LogP contribution < -0.4 is 34.3 Å². The predicted molar refractivity (Wildman–Crippen MR) is 108 cm³/mol. The normalized spacial score (nSPS) is 14.4. The van der Waals surface area contributed by atoms with Crippen LogP contribution in [0.15, 0.2) is 55.0 Å². The molecule has 0 radical (unpaired) electrons. The van der Waals surface area contributed by atoms with Crippen molar-refractivity contribution in [2.45, 2.75) is 20.0 Å². The number of pyridine rings is 2. The lowest BCUT2D eigenvalue weighted by atomic mass is 9.97. The molecule has 1 aromatic carbocycles. The number of halogens is 1. The molecule has 4 N–H and O–H groups in total. The molecule has 0 atom stereocenters. The SMILES string of the molecule is Cc1cc(-c2ccccn2)cc(C)c1/C=C/c1cncc(C2NNNN2)c1.[Cl-]. The second kappa shape index (κ2) is 9.05. The Labute approximate surface area is 170 Å². The highest BCUT2D eigenvalue weighted by molar-refractivity contribution is 5.75. The minimum absolute atomic E-state index is 0. The highest BCUT2D eigenvalue weighted by Crippen LogP contribution is 2.25. The second-order valence-corrected chi connectivity index (χ2v) is 6.60. The third kappa shape index (κ3) is 4.44. The zero-order chi connectivity index (χ0) is 18.6. The van der Waals surface area contributed by atoms with Crippen molar-refractivity contribution in [1.82, 2.24) is 31.9 Å². The smallest absolute Gasteiger partial charge is 0.113 e. The lowest BCUT2D eigenvalue weighted by Gasteiger charge is -2.10. The third-order valence-electron chi connectivity index (χ3n) is 4.61. The van der Waals surface area contributed by atoms with Crippen LogP contribution >= 0.6 is 0 Å². The van der Waals surface area contributed by atoms with Gasteiger partial charge in [-0.15, -0.1) is 0 Å². The van der Waals surface area contributed by atoms with Crippen molar-refractivity contribution >= 4 is 12.2 Å². The maximum Gasteiger partial charge on any atom is 0.113 e. The van der Waals surface area contributed by atoms with Crippen LogP contribution in [0.4, 0.5) is 0 Å². The molecule has 7 heteroatoms. The third-order valence-corrected chi connectivity index (χ3v) is 4.61. The van der Waals surface area contributed by atoms with Crippen LogP contribution in [-0.2, 0) is 0 Å². The zero-order valence-electron chi connectivity index (χ0n) is 15.7. The molecule has 1 aliphatic heterocycles. The van der Waals surface area contributed by atoms with Gasteiger partial charge >= 0.3 is 0 Å². The zero-order valence-corrected chi connectivity index (χ0v) is 16.5. The van der Waals surface area contributed by atoms with E-state index in [2.05, 4.69) is 76.1 Å². The lowest BCUT2D eigenvalue weighted by Crippen LogP contribution is -3.00. The molecule has 4 rings (SSSR count). The molecular weight excluding hydrogens is 372 g/mol. The van der Waals surface area contributed by atoms with E-state index < -0.39 is 0 Å². The van der Waals surface area contributed by atoms with Crippen molar-refractivity contribution in [2.24, 2.45) is 0 Å². The van der Waals surface area contributed by atoms with Crippen LogP contribution in [0.25, 0.3) is 23.4 Å². The number of aromatic nitrogens is 2. The summed E-state index contributed by atoms with van der Waals surface area (Å²) in [5.41, 5.74) is 19.7. The molecular formula is C21H22ClN6-. The topological polar surface area (TPSA) is 73.9 Å². The first-order valence-corrected chi connectivity index (χ1v) is 8.87. The molecule has 6 nitrogen and oxygen atoms in total. The van der Waals surface area contributed by atoms with Crippen molar-refractivity contribution in [3.05, 3.63) is 82.8 Å². The maximum atomic E-state index is 4.45. The summed E-state index contributed by atoms with van der Waals surface area (Å²) in [4.78, 5) is 8.80. The minimum atomic E-state index is -0.0213. The van der Waals surface area contributed by atoms with Crippen LogP contribution in [-0.4, -0.2) is 9.97 Å². The monoisotopic (exact) mass is 393 g/mol. The van der Waals surface area contributed by atoms with Gasteiger partial charge in [0.1, 0.15) is 6.17 Å². The number of hydrogen-bond donors (Lipinski definition) is 4. The van der Waals surface area contributed by atoms with Crippen molar-refractivity contribution in [2.75, 3.05) is 0 Å². The molecule has 1 saturated heterocycles. The Hall–Kier alpha value is -2.61. The number of hydrogen-bond acceptors (Lipinski definition) is 6. The van der Waals surface area contributed by atoms with Gasteiger partial charge in [0.15, 0.2) is 0 Å². The average molecular weight is 394 g/mol. The molecule has 3 heterocycles. The van der Waals surface area contributed by atoms with Gasteiger partial charge in [0.05, 0.1) is 5.69 Å². The van der Waals surface area contributed by atoms with Crippen LogP contribution in [0, 0.1) is 13.8 Å². The van der Waals surface area contributed by atoms with E-state index in [-0.39, 0.29) is 18.6 Å². The largest absolute Gasteiger partial charge is 1.00 e. The van der Waals surface area contributed by atoms with Gasteiger partial charge in [-0.1, -0.05) is 18.2 Å². The average Bonchev–Trinajstić information content (AvgIpc) is 3.23. The lowest BCUT2D eigenvalue weighted by molar-refractivity contribution is -0.00000565. The molecule has 1 aliphatic rings. The van der Waals surface area contributed by atoms with E-state index in [9.17, 15) is 0 Å². The van der Waals surface area contributed by atoms with E-state index >= 15 is 0 Å². The minimum Gasteiger partial charge on any atom is -1.00 e. The number of hydrazine groups is 3. The van der Waals surface area contributed by atoms with Crippen LogP contribution in [0.2, 0.25) is 0 Å². The van der Waals surface area contributed by atoms with Gasteiger partial charge in [0.25, 0.3) is 0 Å². The van der Waals surface area contributed by atoms with Gasteiger partial charge in [-0.25, -0.2) is 10.9 Å². The van der Waals surface area contributed by atoms with Crippen molar-refractivity contribution in [3.63, 3.8) is 0 Å². The summed E-state index contributed by atoms with van der Waals surface area (Å²) < 4.78 is 0. The first-order valence-electron chi connectivity index (χ1n) is 8.87. The Bertz CT molecular complexity index is 945. The Balaban J connectivity index is 0.00000225. The number of nitrogens with zero attached hydrogens (tertiary/aromatic N) is 2. The molecule has 0 aliphatic carbocycles. The van der Waals surface area contributed by atoms with Gasteiger partial charge in [0, 0.05) is 29.7 Å². The number of nitrogens with one attached hydrogen (secondary N) is 4. The molecule has 0 spiro atoms. The molecule has 0 unspecified atom stereocenters. The summed E-state index contributed by atoms with van der Waals surface area (Å²) in [5, 5.41) is 0. The fourth-order valence-electron chi connectivity index (χ4n) is 3.24. The highest BCUT2D eigenvalue weighted by atomic mass is 35.5. The summed E-state index contributed by atoms with van der Waals surface area (Å²) in [7, 11) is 0. The quantitative estimate of drug-likeness (QED) is 0.502. The standard InChI is InChI=1S/C21H22N6.ClH/c1-14-9-17(20-5-3-4-8-23-20)10-15(2)19(14)7-6-16-11-18(13-22-12-16)21-24-26-27-25-21;/h3-13,21,24-27H,1-2H3;1H/p-1/b7-6+;. The van der Waals surface area contributed by atoms with Crippen molar-refractivity contribution in [3.8, 4) is 11.3 Å². The molecule has 2 aromatic heterocycles.